The highest BCUT2D eigenvalue weighted by Crippen LogP contribution is 2.33. The number of carbonyl (C=O) groups is 1. The number of benzene rings is 3. The van der Waals surface area contributed by atoms with Crippen LogP contribution in [0.3, 0.4) is 0 Å². The van der Waals surface area contributed by atoms with Gasteiger partial charge in [0.1, 0.15) is 17.2 Å². The summed E-state index contributed by atoms with van der Waals surface area (Å²) in [5, 5.41) is 11.9. The predicted molar refractivity (Wildman–Crippen MR) is 139 cm³/mol. The lowest BCUT2D eigenvalue weighted by molar-refractivity contribution is 0.0701. The molecule has 0 radical (unpaired) electrons. The molecule has 0 saturated heterocycles. The Bertz CT molecular complexity index is 1570. The molecule has 0 spiro atoms. The monoisotopic (exact) mass is 485 g/mol. The van der Waals surface area contributed by atoms with Crippen LogP contribution in [-0.4, -0.2) is 16.1 Å². The summed E-state index contributed by atoms with van der Waals surface area (Å²) in [5.41, 5.74) is 5.24. The van der Waals surface area contributed by atoms with Gasteiger partial charge in [0.2, 0.25) is 0 Å². The fourth-order valence-corrected chi connectivity index (χ4v) is 5.06. The zero-order valence-electron chi connectivity index (χ0n) is 18.3. The number of hydrogen-bond donors (Lipinski definition) is 1. The molecule has 0 unspecified atom stereocenters. The molecule has 5 aromatic rings. The molecular weight excluding hydrogens is 466 g/mol. The summed E-state index contributed by atoms with van der Waals surface area (Å²) in [4.78, 5) is 16.5. The zero-order chi connectivity index (χ0) is 23.8. The van der Waals surface area contributed by atoms with Crippen LogP contribution >= 0.6 is 22.9 Å². The lowest BCUT2D eigenvalue weighted by Gasteiger charge is -2.10. The number of thiophene rings is 1. The average Bonchev–Trinajstić information content (AvgIpc) is 3.18. The average molecular weight is 486 g/mol. The zero-order valence-corrected chi connectivity index (χ0v) is 19.9. The summed E-state index contributed by atoms with van der Waals surface area (Å²) in [5.74, 6) is -0.191. The number of halogens is 1. The van der Waals surface area contributed by atoms with E-state index in [1.807, 2.05) is 79.7 Å². The van der Waals surface area contributed by atoms with Gasteiger partial charge in [-0.05, 0) is 65.4 Å². The van der Waals surface area contributed by atoms with Crippen LogP contribution in [0.4, 0.5) is 0 Å². The Morgan fingerprint density at radius 3 is 2.59 bits per heavy atom. The second-order valence-corrected chi connectivity index (χ2v) is 9.51. The molecule has 0 amide bonds. The fourth-order valence-electron chi connectivity index (χ4n) is 3.87. The smallest absolute Gasteiger partial charge is 0.346 e. The van der Waals surface area contributed by atoms with E-state index >= 15 is 0 Å². The van der Waals surface area contributed by atoms with Gasteiger partial charge in [-0.3, -0.25) is 0 Å². The number of aromatic carboxylic acids is 1. The number of nitrogens with zero attached hydrogens (tertiary/aromatic N) is 1. The quantitative estimate of drug-likeness (QED) is 0.267. The molecule has 168 valence electrons. The van der Waals surface area contributed by atoms with E-state index in [-0.39, 0.29) is 0 Å². The molecule has 0 aliphatic carbocycles. The maximum atomic E-state index is 11.4. The molecule has 0 aliphatic heterocycles. The number of aryl methyl sites for hydroxylation is 1. The summed E-state index contributed by atoms with van der Waals surface area (Å²) < 4.78 is 6.92. The number of rotatable bonds is 6. The second kappa shape index (κ2) is 8.93. The molecule has 1 N–H and O–H groups in total. The molecule has 3 aromatic carbocycles. The Kier molecular flexibility index (Phi) is 5.82. The van der Waals surface area contributed by atoms with Crippen molar-refractivity contribution in [3.8, 4) is 5.75 Å². The predicted octanol–water partition coefficient (Wildman–Crippen LogP) is 7.75. The minimum Gasteiger partial charge on any atom is -0.489 e. The Morgan fingerprint density at radius 2 is 1.82 bits per heavy atom. The van der Waals surface area contributed by atoms with Crippen molar-refractivity contribution in [1.29, 1.82) is 0 Å². The molecule has 5 rings (SSSR count). The Balaban J connectivity index is 1.30. The molecule has 2 heterocycles. The third-order valence-electron chi connectivity index (χ3n) is 5.77. The highest BCUT2D eigenvalue weighted by atomic mass is 35.5. The van der Waals surface area contributed by atoms with Gasteiger partial charge in [0.05, 0.1) is 11.2 Å². The van der Waals surface area contributed by atoms with Crippen LogP contribution in [0.15, 0.2) is 79.4 Å². The summed E-state index contributed by atoms with van der Waals surface area (Å²) in [6.07, 6.45) is 0. The number of carboxylic acid groups (broad SMARTS) is 1. The Morgan fingerprint density at radius 1 is 1.06 bits per heavy atom. The molecule has 4 nitrogen and oxygen atoms in total. The van der Waals surface area contributed by atoms with E-state index in [1.165, 1.54) is 11.3 Å². The summed E-state index contributed by atoms with van der Waals surface area (Å²) in [7, 11) is 0. The highest BCUT2D eigenvalue weighted by molar-refractivity contribution is 7.21. The number of pyridine rings is 1. The largest absolute Gasteiger partial charge is 0.489 e. The third-order valence-corrected chi connectivity index (χ3v) is 7.27. The van der Waals surface area contributed by atoms with Crippen LogP contribution in [0.25, 0.3) is 26.6 Å². The van der Waals surface area contributed by atoms with Crippen LogP contribution in [0, 0.1) is 6.92 Å². The molecule has 0 atom stereocenters. The van der Waals surface area contributed by atoms with Crippen LogP contribution in [-0.2, 0) is 6.61 Å². The van der Waals surface area contributed by atoms with Gasteiger partial charge in [-0.25, -0.2) is 9.78 Å². The molecule has 6 heteroatoms. The van der Waals surface area contributed by atoms with Crippen LogP contribution in [0.2, 0.25) is 5.02 Å². The summed E-state index contributed by atoms with van der Waals surface area (Å²) in [6.45, 7) is 6.46. The lowest BCUT2D eigenvalue weighted by atomic mass is 10.0. The highest BCUT2D eigenvalue weighted by Gasteiger charge is 2.15. The number of hydrogen-bond acceptors (Lipinski definition) is 4. The second-order valence-electron chi connectivity index (χ2n) is 8.02. The normalized spacial score (nSPS) is 11.1. The molecule has 0 bridgehead atoms. The standard InChI is InChI=1S/C28H20ClNO3S/c1-16(24-11-8-20-7-9-21(29)13-25(20)30-24)19-5-3-18(4-6-19)15-33-22-10-12-26-23(14-22)17(2)27(34-26)28(31)32/h3-14H,1,15H2,2H3,(H,31,32). The van der Waals surface area contributed by atoms with Crippen LogP contribution in [0.5, 0.6) is 5.75 Å². The van der Waals surface area contributed by atoms with Gasteiger partial charge in [0.15, 0.2) is 0 Å². The van der Waals surface area contributed by atoms with E-state index < -0.39 is 5.97 Å². The van der Waals surface area contributed by atoms with Crippen molar-refractivity contribution < 1.29 is 14.6 Å². The molecule has 2 aromatic heterocycles. The van der Waals surface area contributed by atoms with Gasteiger partial charge in [0.25, 0.3) is 0 Å². The number of ether oxygens (including phenoxy) is 1. The molecule has 34 heavy (non-hydrogen) atoms. The first-order valence-electron chi connectivity index (χ1n) is 10.6. The van der Waals surface area contributed by atoms with E-state index in [9.17, 15) is 9.90 Å². The maximum absolute atomic E-state index is 11.4. The number of fused-ring (bicyclic) bond motifs is 2. The van der Waals surface area contributed by atoms with Crippen molar-refractivity contribution in [1.82, 2.24) is 4.98 Å². The van der Waals surface area contributed by atoms with Crippen LogP contribution in [0.1, 0.15) is 32.1 Å². The molecule has 0 fully saturated rings. The maximum Gasteiger partial charge on any atom is 0.346 e. The first-order valence-corrected chi connectivity index (χ1v) is 11.8. The number of carboxylic acids is 1. The minimum absolute atomic E-state index is 0.368. The van der Waals surface area contributed by atoms with Crippen molar-refractivity contribution in [2.45, 2.75) is 13.5 Å². The SMILES string of the molecule is C=C(c1ccc(COc2ccc3sc(C(=O)O)c(C)c3c2)cc1)c1ccc2ccc(Cl)cc2n1. The molecular formula is C28H20ClNO3S. The molecule has 0 saturated carbocycles. The van der Waals surface area contributed by atoms with E-state index in [1.54, 1.807) is 0 Å². The van der Waals surface area contributed by atoms with Crippen molar-refractivity contribution in [3.63, 3.8) is 0 Å². The van der Waals surface area contributed by atoms with E-state index in [0.29, 0.717) is 22.3 Å². The minimum atomic E-state index is -0.898. The van der Waals surface area contributed by atoms with Gasteiger partial charge in [-0.15, -0.1) is 11.3 Å². The van der Waals surface area contributed by atoms with Gasteiger partial charge in [-0.2, -0.15) is 0 Å². The van der Waals surface area contributed by atoms with Gasteiger partial charge in [0, 0.05) is 20.7 Å². The summed E-state index contributed by atoms with van der Waals surface area (Å²) in [6, 6.07) is 23.4. The Hall–Kier alpha value is -3.67. The fraction of sp³-hybridized carbons (Fsp3) is 0.0714. The number of aromatic nitrogens is 1. The van der Waals surface area contributed by atoms with Crippen molar-refractivity contribution in [3.05, 3.63) is 112 Å². The van der Waals surface area contributed by atoms with Crippen molar-refractivity contribution in [2.24, 2.45) is 0 Å². The van der Waals surface area contributed by atoms with Gasteiger partial charge >= 0.3 is 5.97 Å². The third kappa shape index (κ3) is 4.28. The topological polar surface area (TPSA) is 59.4 Å². The van der Waals surface area contributed by atoms with E-state index in [2.05, 4.69) is 6.58 Å². The van der Waals surface area contributed by atoms with Crippen molar-refractivity contribution >= 4 is 55.5 Å². The summed E-state index contributed by atoms with van der Waals surface area (Å²) >= 11 is 7.40. The van der Waals surface area contributed by atoms with E-state index in [4.69, 9.17) is 21.3 Å². The van der Waals surface area contributed by atoms with Crippen molar-refractivity contribution in [2.75, 3.05) is 0 Å². The first-order chi connectivity index (χ1) is 16.4. The van der Waals surface area contributed by atoms with Crippen LogP contribution < -0.4 is 4.74 Å². The van der Waals surface area contributed by atoms with E-state index in [0.717, 1.165) is 48.9 Å². The lowest BCUT2D eigenvalue weighted by Crippen LogP contribution is -1.97. The van der Waals surface area contributed by atoms with Gasteiger partial charge in [-0.1, -0.05) is 54.6 Å². The molecule has 0 aliphatic rings. The Labute approximate surface area is 205 Å². The first kappa shape index (κ1) is 22.1. The van der Waals surface area contributed by atoms with Gasteiger partial charge < -0.3 is 9.84 Å².